The number of rotatable bonds is 4. The van der Waals surface area contributed by atoms with Gasteiger partial charge in [-0.3, -0.25) is 9.59 Å². The molecule has 30 heavy (non-hydrogen) atoms. The summed E-state index contributed by atoms with van der Waals surface area (Å²) in [6.45, 7) is 2.13. The van der Waals surface area contributed by atoms with Crippen LogP contribution in [0.3, 0.4) is 0 Å². The topological polar surface area (TPSA) is 64.8 Å². The molecule has 4 aromatic rings. The molecule has 0 radical (unpaired) electrons. The lowest BCUT2D eigenvalue weighted by Crippen LogP contribution is -2.28. The number of hydrogen-bond donors (Lipinski definition) is 0. The van der Waals surface area contributed by atoms with Crippen LogP contribution in [0.4, 0.5) is 0 Å². The van der Waals surface area contributed by atoms with E-state index in [1.54, 1.807) is 23.5 Å². The van der Waals surface area contributed by atoms with Gasteiger partial charge in [0.05, 0.1) is 5.39 Å². The fourth-order valence-electron chi connectivity index (χ4n) is 4.10. The first-order valence-corrected chi connectivity index (χ1v) is 11.0. The average molecular weight is 416 g/mol. The maximum atomic E-state index is 13.1. The molecule has 0 aliphatic heterocycles. The molecular formula is C24H21N3O2S. The maximum absolute atomic E-state index is 13.1. The van der Waals surface area contributed by atoms with Crippen LogP contribution >= 0.6 is 11.3 Å². The van der Waals surface area contributed by atoms with Gasteiger partial charge < -0.3 is 0 Å². The van der Waals surface area contributed by atoms with Crippen LogP contribution in [0.5, 0.6) is 0 Å². The predicted molar refractivity (Wildman–Crippen MR) is 119 cm³/mol. The normalized spacial score (nSPS) is 15.8. The molecule has 1 atom stereocenters. The van der Waals surface area contributed by atoms with Crippen LogP contribution in [0, 0.1) is 5.92 Å². The number of aryl methyl sites for hydroxylation is 1. The minimum absolute atomic E-state index is 0.104. The number of Topliss-reactive ketones (excluding diaryl/α,β-unsaturated/α-hetero) is 1. The van der Waals surface area contributed by atoms with E-state index in [2.05, 4.69) is 17.2 Å². The Hall–Kier alpha value is -3.12. The van der Waals surface area contributed by atoms with E-state index in [-0.39, 0.29) is 17.9 Å². The number of aromatic nitrogens is 3. The molecule has 0 spiro atoms. The van der Waals surface area contributed by atoms with Crippen LogP contribution in [-0.4, -0.2) is 20.8 Å². The molecule has 1 aliphatic carbocycles. The maximum Gasteiger partial charge on any atom is 0.279 e. The monoisotopic (exact) mass is 415 g/mol. The van der Waals surface area contributed by atoms with Gasteiger partial charge >= 0.3 is 0 Å². The quantitative estimate of drug-likeness (QED) is 0.460. The summed E-state index contributed by atoms with van der Waals surface area (Å²) in [6.07, 6.45) is 2.96. The van der Waals surface area contributed by atoms with Gasteiger partial charge in [0.15, 0.2) is 10.6 Å². The standard InChI is InChI=1S/C24H21N3O2S/c1-15-7-12-19-21(13-15)30-23-22(19)24(29)27(26-25-23)14-20(28)18-10-8-17(9-11-18)16-5-3-2-4-6-16/h2-6,8-11,15H,7,12-14H2,1H3/t15-/m1/s1. The molecule has 2 heterocycles. The lowest BCUT2D eigenvalue weighted by molar-refractivity contribution is 0.0964. The van der Waals surface area contributed by atoms with E-state index in [1.807, 2.05) is 42.5 Å². The molecule has 1 aliphatic rings. The summed E-state index contributed by atoms with van der Waals surface area (Å²) in [6, 6.07) is 17.5. The van der Waals surface area contributed by atoms with E-state index in [9.17, 15) is 9.59 Å². The van der Waals surface area contributed by atoms with Crippen molar-refractivity contribution in [1.29, 1.82) is 0 Å². The number of nitrogens with zero attached hydrogens (tertiary/aromatic N) is 3. The van der Waals surface area contributed by atoms with Gasteiger partial charge in [0, 0.05) is 10.4 Å². The van der Waals surface area contributed by atoms with Crippen LogP contribution in [0.2, 0.25) is 0 Å². The van der Waals surface area contributed by atoms with Gasteiger partial charge in [-0.25, -0.2) is 4.68 Å². The van der Waals surface area contributed by atoms with Crippen LogP contribution in [0.15, 0.2) is 59.4 Å². The third kappa shape index (κ3) is 3.37. The van der Waals surface area contributed by atoms with Gasteiger partial charge in [-0.15, -0.1) is 16.4 Å². The Kier molecular flexibility index (Phi) is 4.79. The molecular weight excluding hydrogens is 394 g/mol. The van der Waals surface area contributed by atoms with Crippen LogP contribution in [0.25, 0.3) is 21.3 Å². The third-order valence-electron chi connectivity index (χ3n) is 5.79. The summed E-state index contributed by atoms with van der Waals surface area (Å²) < 4.78 is 1.21. The first-order valence-electron chi connectivity index (χ1n) is 10.2. The van der Waals surface area contributed by atoms with Crippen LogP contribution in [0.1, 0.15) is 34.1 Å². The molecule has 150 valence electrons. The number of ketones is 1. The van der Waals surface area contributed by atoms with Gasteiger partial charge in [-0.05, 0) is 41.9 Å². The Balaban J connectivity index is 1.42. The zero-order valence-electron chi connectivity index (χ0n) is 16.7. The van der Waals surface area contributed by atoms with E-state index in [4.69, 9.17) is 0 Å². The molecule has 0 unspecified atom stereocenters. The summed E-state index contributed by atoms with van der Waals surface area (Å²) in [5.74, 6) is 0.476. The molecule has 0 N–H and O–H groups in total. The summed E-state index contributed by atoms with van der Waals surface area (Å²) in [4.78, 5) is 27.8. The van der Waals surface area contributed by atoms with Crippen molar-refractivity contribution in [2.24, 2.45) is 5.92 Å². The second-order valence-electron chi connectivity index (χ2n) is 7.95. The number of benzene rings is 2. The van der Waals surface area contributed by atoms with Gasteiger partial charge in [0.1, 0.15) is 6.54 Å². The van der Waals surface area contributed by atoms with Crippen LogP contribution < -0.4 is 5.56 Å². The molecule has 0 saturated carbocycles. The summed E-state index contributed by atoms with van der Waals surface area (Å²) in [7, 11) is 0. The molecule has 0 bridgehead atoms. The minimum atomic E-state index is -0.207. The van der Waals surface area contributed by atoms with Gasteiger partial charge in [-0.1, -0.05) is 66.7 Å². The Morgan fingerprint density at radius 3 is 2.60 bits per heavy atom. The highest BCUT2D eigenvalue weighted by molar-refractivity contribution is 7.18. The Morgan fingerprint density at radius 2 is 1.83 bits per heavy atom. The molecule has 2 aromatic heterocycles. The number of thiophene rings is 1. The second-order valence-corrected chi connectivity index (χ2v) is 9.03. The molecule has 2 aromatic carbocycles. The first kappa shape index (κ1) is 18.9. The largest absolute Gasteiger partial charge is 0.292 e. The number of carbonyl (C=O) groups is 1. The number of fused-ring (bicyclic) bond motifs is 3. The first-order chi connectivity index (χ1) is 14.6. The third-order valence-corrected chi connectivity index (χ3v) is 6.93. The Labute approximate surface area is 178 Å². The molecule has 5 rings (SSSR count). The van der Waals surface area contributed by atoms with Crippen molar-refractivity contribution in [1.82, 2.24) is 15.0 Å². The van der Waals surface area contributed by atoms with E-state index < -0.39 is 0 Å². The van der Waals surface area contributed by atoms with Gasteiger partial charge in [-0.2, -0.15) is 0 Å². The Bertz CT molecular complexity index is 1290. The lowest BCUT2D eigenvalue weighted by atomic mass is 9.89. The molecule has 5 nitrogen and oxygen atoms in total. The zero-order valence-corrected chi connectivity index (χ0v) is 17.5. The van der Waals surface area contributed by atoms with Crippen molar-refractivity contribution < 1.29 is 4.79 Å². The van der Waals surface area contributed by atoms with Crippen LogP contribution in [-0.2, 0) is 19.4 Å². The number of hydrogen-bond acceptors (Lipinski definition) is 5. The van der Waals surface area contributed by atoms with Gasteiger partial charge in [0.2, 0.25) is 0 Å². The van der Waals surface area contributed by atoms with Crippen molar-refractivity contribution in [2.75, 3.05) is 0 Å². The summed E-state index contributed by atoms with van der Waals surface area (Å²) >= 11 is 1.57. The van der Waals surface area contributed by atoms with Crippen molar-refractivity contribution in [3.8, 4) is 11.1 Å². The highest BCUT2D eigenvalue weighted by atomic mass is 32.1. The smallest absolute Gasteiger partial charge is 0.279 e. The molecule has 0 fully saturated rings. The highest BCUT2D eigenvalue weighted by Gasteiger charge is 2.24. The SMILES string of the molecule is C[C@@H]1CCc2c(sc3nnn(CC(=O)c4ccc(-c5ccccc5)cc4)c(=O)c23)C1. The Morgan fingerprint density at radius 1 is 1.10 bits per heavy atom. The fraction of sp³-hybridized carbons (Fsp3) is 0.250. The number of carbonyl (C=O) groups excluding carboxylic acids is 1. The summed E-state index contributed by atoms with van der Waals surface area (Å²) in [5, 5.41) is 8.95. The van der Waals surface area contributed by atoms with Crippen molar-refractivity contribution in [3.05, 3.63) is 81.0 Å². The van der Waals surface area contributed by atoms with Gasteiger partial charge in [0.25, 0.3) is 5.56 Å². The molecule has 6 heteroatoms. The van der Waals surface area contributed by atoms with E-state index in [1.165, 1.54) is 9.56 Å². The van der Waals surface area contributed by atoms with Crippen molar-refractivity contribution in [2.45, 2.75) is 32.7 Å². The van der Waals surface area contributed by atoms with E-state index >= 15 is 0 Å². The highest BCUT2D eigenvalue weighted by Crippen LogP contribution is 2.35. The second kappa shape index (κ2) is 7.61. The molecule has 0 amide bonds. The lowest BCUT2D eigenvalue weighted by Gasteiger charge is -2.17. The zero-order chi connectivity index (χ0) is 20.7. The molecule has 0 saturated heterocycles. The van der Waals surface area contributed by atoms with Crippen molar-refractivity contribution >= 4 is 27.3 Å². The minimum Gasteiger partial charge on any atom is -0.292 e. The van der Waals surface area contributed by atoms with E-state index in [0.29, 0.717) is 21.7 Å². The van der Waals surface area contributed by atoms with Crippen molar-refractivity contribution in [3.63, 3.8) is 0 Å². The van der Waals surface area contributed by atoms with E-state index in [0.717, 1.165) is 36.0 Å². The summed E-state index contributed by atoms with van der Waals surface area (Å²) in [5.41, 5.74) is 3.61. The average Bonchev–Trinajstić information content (AvgIpc) is 3.14. The fourth-order valence-corrected chi connectivity index (χ4v) is 5.42. The predicted octanol–water partition coefficient (Wildman–Crippen LogP) is 4.53.